The fraction of sp³-hybridized carbons (Fsp3) is 0.833. The van der Waals surface area contributed by atoms with E-state index in [0.717, 1.165) is 6.42 Å². The molecule has 0 aromatic rings. The predicted octanol–water partition coefficient (Wildman–Crippen LogP) is 2.07. The zero-order valence-corrected chi connectivity index (χ0v) is 16.1. The van der Waals surface area contributed by atoms with E-state index in [9.17, 15) is 14.4 Å². The van der Waals surface area contributed by atoms with Crippen LogP contribution in [0.4, 0.5) is 4.79 Å². The van der Waals surface area contributed by atoms with Gasteiger partial charge in [0.2, 0.25) is 5.91 Å². The first kappa shape index (κ1) is 21.3. The molecule has 0 aliphatic carbocycles. The highest BCUT2D eigenvalue weighted by molar-refractivity contribution is 5.82. The van der Waals surface area contributed by atoms with Gasteiger partial charge in [-0.05, 0) is 31.6 Å². The van der Waals surface area contributed by atoms with Crippen molar-refractivity contribution in [2.24, 2.45) is 17.8 Å². The van der Waals surface area contributed by atoms with E-state index in [1.54, 1.807) is 11.8 Å². The summed E-state index contributed by atoms with van der Waals surface area (Å²) < 4.78 is 0. The number of hydrogen-bond acceptors (Lipinski definition) is 3. The third-order valence-electron chi connectivity index (χ3n) is 4.94. The Kier molecular flexibility index (Phi) is 7.70. The van der Waals surface area contributed by atoms with Crippen molar-refractivity contribution in [3.05, 3.63) is 0 Å². The first-order chi connectivity index (χ1) is 11.5. The highest BCUT2D eigenvalue weighted by Crippen LogP contribution is 2.24. The number of carbonyl (C=O) groups is 3. The van der Waals surface area contributed by atoms with Gasteiger partial charge >= 0.3 is 12.0 Å². The fourth-order valence-electron chi connectivity index (χ4n) is 2.87. The van der Waals surface area contributed by atoms with Gasteiger partial charge in [-0.1, -0.05) is 27.7 Å². The second-order valence-electron chi connectivity index (χ2n) is 8.00. The summed E-state index contributed by atoms with van der Waals surface area (Å²) in [5.74, 6) is -1.05. The molecule has 3 amide bonds. The van der Waals surface area contributed by atoms with E-state index in [2.05, 4.69) is 10.6 Å². The number of carboxylic acids is 1. The Labute approximate surface area is 150 Å². The predicted molar refractivity (Wildman–Crippen MR) is 96.2 cm³/mol. The molecule has 1 aliphatic rings. The number of hydrogen-bond donors (Lipinski definition) is 3. The van der Waals surface area contributed by atoms with Crippen LogP contribution in [0.2, 0.25) is 0 Å². The minimum absolute atomic E-state index is 0.0124. The quantitative estimate of drug-likeness (QED) is 0.651. The van der Waals surface area contributed by atoms with Gasteiger partial charge in [0, 0.05) is 25.2 Å². The normalized spacial score (nSPS) is 20.3. The Morgan fingerprint density at radius 3 is 2.40 bits per heavy atom. The smallest absolute Gasteiger partial charge is 0.317 e. The van der Waals surface area contributed by atoms with Gasteiger partial charge in [-0.15, -0.1) is 0 Å². The molecule has 2 atom stereocenters. The van der Waals surface area contributed by atoms with Crippen LogP contribution in [-0.2, 0) is 9.59 Å². The van der Waals surface area contributed by atoms with Gasteiger partial charge in [0.15, 0.2) is 0 Å². The van der Waals surface area contributed by atoms with Crippen molar-refractivity contribution >= 4 is 17.9 Å². The lowest BCUT2D eigenvalue weighted by Gasteiger charge is -2.37. The summed E-state index contributed by atoms with van der Waals surface area (Å²) in [5.41, 5.74) is -0.801. The molecule has 7 nitrogen and oxygen atoms in total. The average molecular weight is 355 g/mol. The first-order valence-electron chi connectivity index (χ1n) is 9.11. The Morgan fingerprint density at radius 1 is 1.24 bits per heavy atom. The summed E-state index contributed by atoms with van der Waals surface area (Å²) in [6.45, 7) is 11.2. The van der Waals surface area contributed by atoms with Gasteiger partial charge < -0.3 is 20.6 Å². The van der Waals surface area contributed by atoms with Crippen LogP contribution in [0.5, 0.6) is 0 Å². The lowest BCUT2D eigenvalue weighted by atomic mass is 9.84. The van der Waals surface area contributed by atoms with Crippen LogP contribution in [0, 0.1) is 17.8 Å². The van der Waals surface area contributed by atoms with E-state index in [0.29, 0.717) is 32.0 Å². The second-order valence-corrected chi connectivity index (χ2v) is 8.00. The zero-order chi connectivity index (χ0) is 19.2. The molecule has 0 saturated carbocycles. The molecule has 2 unspecified atom stereocenters. The molecule has 0 spiro atoms. The van der Waals surface area contributed by atoms with Gasteiger partial charge in [-0.2, -0.15) is 0 Å². The van der Waals surface area contributed by atoms with E-state index in [1.165, 1.54) is 0 Å². The lowest BCUT2D eigenvalue weighted by Crippen LogP contribution is -2.56. The molecule has 0 bridgehead atoms. The van der Waals surface area contributed by atoms with E-state index in [1.807, 2.05) is 27.7 Å². The molecule has 1 aliphatic heterocycles. The molecular formula is C18H33N3O4. The lowest BCUT2D eigenvalue weighted by molar-refractivity contribution is -0.140. The maximum absolute atomic E-state index is 12.7. The summed E-state index contributed by atoms with van der Waals surface area (Å²) in [7, 11) is 0. The highest BCUT2D eigenvalue weighted by Gasteiger charge is 2.36. The molecule has 1 saturated heterocycles. The third-order valence-corrected chi connectivity index (χ3v) is 4.94. The summed E-state index contributed by atoms with van der Waals surface area (Å²) in [5, 5.41) is 14.9. The molecule has 1 heterocycles. The van der Waals surface area contributed by atoms with Crippen molar-refractivity contribution in [1.29, 1.82) is 0 Å². The maximum atomic E-state index is 12.7. The summed E-state index contributed by atoms with van der Waals surface area (Å²) in [6.07, 6.45) is 1.35. The number of nitrogens with zero attached hydrogens (tertiary/aromatic N) is 1. The number of carbonyl (C=O) groups excluding carboxylic acids is 2. The number of aliphatic carboxylic acids is 1. The fourth-order valence-corrected chi connectivity index (χ4v) is 2.87. The molecule has 0 aromatic heterocycles. The van der Waals surface area contributed by atoms with Crippen LogP contribution in [0.3, 0.4) is 0 Å². The average Bonchev–Trinajstić information content (AvgIpc) is 2.51. The molecule has 7 heteroatoms. The number of amides is 3. The molecule has 144 valence electrons. The Bertz CT molecular complexity index is 493. The van der Waals surface area contributed by atoms with Gasteiger partial charge in [0.05, 0.1) is 12.3 Å². The molecule has 0 radical (unpaired) electrons. The Hall–Kier alpha value is -1.79. The SMILES string of the molecule is CC(C)CNC(=O)N1CCCC(C(=O)NC(C)(CC(=O)O)C(C)C)C1. The van der Waals surface area contributed by atoms with Crippen LogP contribution in [0.25, 0.3) is 0 Å². The van der Waals surface area contributed by atoms with Crippen molar-refractivity contribution in [1.82, 2.24) is 15.5 Å². The molecule has 1 fully saturated rings. The van der Waals surface area contributed by atoms with Crippen molar-refractivity contribution in [3.8, 4) is 0 Å². The van der Waals surface area contributed by atoms with Crippen molar-refractivity contribution in [3.63, 3.8) is 0 Å². The van der Waals surface area contributed by atoms with Gasteiger partial charge in [0.25, 0.3) is 0 Å². The molecule has 0 aromatic carbocycles. The first-order valence-corrected chi connectivity index (χ1v) is 9.11. The largest absolute Gasteiger partial charge is 0.481 e. The Balaban J connectivity index is 2.68. The number of piperidine rings is 1. The number of urea groups is 1. The van der Waals surface area contributed by atoms with Gasteiger partial charge in [0.1, 0.15) is 0 Å². The second kappa shape index (κ2) is 9.06. The van der Waals surface area contributed by atoms with Crippen molar-refractivity contribution in [2.45, 2.75) is 59.4 Å². The van der Waals surface area contributed by atoms with Gasteiger partial charge in [-0.25, -0.2) is 4.79 Å². The topological polar surface area (TPSA) is 98.7 Å². The number of nitrogens with one attached hydrogen (secondary N) is 2. The van der Waals surface area contributed by atoms with Crippen LogP contribution < -0.4 is 10.6 Å². The maximum Gasteiger partial charge on any atom is 0.317 e. The highest BCUT2D eigenvalue weighted by atomic mass is 16.4. The van der Waals surface area contributed by atoms with Crippen LogP contribution >= 0.6 is 0 Å². The monoisotopic (exact) mass is 355 g/mol. The molecular weight excluding hydrogens is 322 g/mol. The van der Waals surface area contributed by atoms with Crippen LogP contribution in [0.15, 0.2) is 0 Å². The minimum atomic E-state index is -0.935. The van der Waals surface area contributed by atoms with E-state index in [-0.39, 0.29) is 30.2 Å². The molecule has 25 heavy (non-hydrogen) atoms. The van der Waals surface area contributed by atoms with Crippen molar-refractivity contribution in [2.75, 3.05) is 19.6 Å². The van der Waals surface area contributed by atoms with E-state index in [4.69, 9.17) is 5.11 Å². The number of rotatable bonds is 7. The molecule has 1 rings (SSSR count). The van der Waals surface area contributed by atoms with Crippen LogP contribution in [0.1, 0.15) is 53.9 Å². The zero-order valence-electron chi connectivity index (χ0n) is 16.1. The van der Waals surface area contributed by atoms with E-state index < -0.39 is 11.5 Å². The minimum Gasteiger partial charge on any atom is -0.481 e. The third kappa shape index (κ3) is 6.55. The van der Waals surface area contributed by atoms with Gasteiger partial charge in [-0.3, -0.25) is 9.59 Å². The van der Waals surface area contributed by atoms with Crippen LogP contribution in [-0.4, -0.2) is 53.1 Å². The number of carboxylic acid groups (broad SMARTS) is 1. The van der Waals surface area contributed by atoms with Crippen molar-refractivity contribution < 1.29 is 19.5 Å². The summed E-state index contributed by atoms with van der Waals surface area (Å²) in [6, 6.07) is -0.136. The van der Waals surface area contributed by atoms with E-state index >= 15 is 0 Å². The summed E-state index contributed by atoms with van der Waals surface area (Å²) >= 11 is 0. The summed E-state index contributed by atoms with van der Waals surface area (Å²) in [4.78, 5) is 37.7. The number of likely N-dealkylation sites (tertiary alicyclic amines) is 1. The standard InChI is InChI=1S/C18H33N3O4/c1-12(2)10-19-17(25)21-8-6-7-14(11-21)16(24)20-18(5,13(3)4)9-15(22)23/h12-14H,6-11H2,1-5H3,(H,19,25)(H,20,24)(H,22,23). The molecule has 3 N–H and O–H groups in total. The Morgan fingerprint density at radius 2 is 1.88 bits per heavy atom.